The minimum Gasteiger partial charge on any atom is -0.368 e. The summed E-state index contributed by atoms with van der Waals surface area (Å²) in [5.41, 5.74) is 4.99. The van der Waals surface area contributed by atoms with Crippen LogP contribution in [0.25, 0.3) is 0 Å². The van der Waals surface area contributed by atoms with E-state index in [4.69, 9.17) is 5.73 Å². The third kappa shape index (κ3) is 3.21. The lowest BCUT2D eigenvalue weighted by Crippen LogP contribution is -2.59. The predicted molar refractivity (Wildman–Crippen MR) is 51.6 cm³/mol. The van der Waals surface area contributed by atoms with Gasteiger partial charge in [-0.2, -0.15) is 0 Å². The Hall–Kier alpha value is -1.63. The standard InChI is InChI=1S/C8H14N4O3/c1-4(7(9)14)12-8(15)5-2-11-6(13)3-10-5/h4-5,10H,2-3H2,1H3,(H2,9,14)(H,11,13)(H,12,15). The molecular weight excluding hydrogens is 200 g/mol. The number of amides is 3. The number of carbonyl (C=O) groups is 3. The Labute approximate surface area is 86.8 Å². The highest BCUT2D eigenvalue weighted by molar-refractivity contribution is 5.90. The van der Waals surface area contributed by atoms with E-state index in [0.29, 0.717) is 0 Å². The van der Waals surface area contributed by atoms with Crippen molar-refractivity contribution in [2.75, 3.05) is 13.1 Å². The SMILES string of the molecule is CC(NC(=O)C1CNC(=O)CN1)C(N)=O. The minimum absolute atomic E-state index is 0.100. The molecule has 0 bridgehead atoms. The summed E-state index contributed by atoms with van der Waals surface area (Å²) in [6, 6.07) is -1.22. The molecule has 0 aromatic heterocycles. The summed E-state index contributed by atoms with van der Waals surface area (Å²) in [6.07, 6.45) is 0. The molecule has 0 radical (unpaired) electrons. The monoisotopic (exact) mass is 214 g/mol. The average molecular weight is 214 g/mol. The highest BCUT2D eigenvalue weighted by Gasteiger charge is 2.25. The molecule has 7 heteroatoms. The third-order valence-electron chi connectivity index (χ3n) is 2.11. The van der Waals surface area contributed by atoms with Gasteiger partial charge in [-0.25, -0.2) is 0 Å². The van der Waals surface area contributed by atoms with Gasteiger partial charge in [0.1, 0.15) is 12.1 Å². The van der Waals surface area contributed by atoms with Crippen molar-refractivity contribution in [2.24, 2.45) is 5.73 Å². The van der Waals surface area contributed by atoms with E-state index < -0.39 is 18.0 Å². The molecule has 0 saturated carbocycles. The van der Waals surface area contributed by atoms with E-state index in [1.807, 2.05) is 0 Å². The van der Waals surface area contributed by atoms with Crippen molar-refractivity contribution >= 4 is 17.7 Å². The van der Waals surface area contributed by atoms with Gasteiger partial charge in [0.2, 0.25) is 17.7 Å². The first-order valence-electron chi connectivity index (χ1n) is 4.60. The molecule has 1 heterocycles. The normalized spacial score (nSPS) is 22.7. The number of hydrogen-bond donors (Lipinski definition) is 4. The molecule has 15 heavy (non-hydrogen) atoms. The maximum Gasteiger partial charge on any atom is 0.239 e. The number of rotatable bonds is 3. The first-order chi connectivity index (χ1) is 7.00. The predicted octanol–water partition coefficient (Wildman–Crippen LogP) is -2.94. The number of carbonyl (C=O) groups excluding carboxylic acids is 3. The second-order valence-corrected chi connectivity index (χ2v) is 3.37. The van der Waals surface area contributed by atoms with Crippen LogP contribution >= 0.6 is 0 Å². The summed E-state index contributed by atoms with van der Waals surface area (Å²) >= 11 is 0. The fourth-order valence-corrected chi connectivity index (χ4v) is 1.14. The fourth-order valence-electron chi connectivity index (χ4n) is 1.14. The van der Waals surface area contributed by atoms with Crippen LogP contribution in [0.5, 0.6) is 0 Å². The fraction of sp³-hybridized carbons (Fsp3) is 0.625. The maximum absolute atomic E-state index is 11.5. The van der Waals surface area contributed by atoms with Gasteiger partial charge in [0, 0.05) is 6.54 Å². The molecule has 0 aromatic rings. The maximum atomic E-state index is 11.5. The van der Waals surface area contributed by atoms with Gasteiger partial charge in [-0.05, 0) is 6.92 Å². The molecule has 1 saturated heterocycles. The first kappa shape index (κ1) is 11.4. The first-order valence-corrected chi connectivity index (χ1v) is 4.60. The highest BCUT2D eigenvalue weighted by atomic mass is 16.2. The molecule has 0 aliphatic carbocycles. The molecule has 2 atom stereocenters. The molecule has 5 N–H and O–H groups in total. The molecular formula is C8H14N4O3. The van der Waals surface area contributed by atoms with Gasteiger partial charge in [0.05, 0.1) is 6.54 Å². The third-order valence-corrected chi connectivity index (χ3v) is 2.11. The zero-order chi connectivity index (χ0) is 11.4. The van der Waals surface area contributed by atoms with Crippen LogP contribution in [0, 0.1) is 0 Å². The van der Waals surface area contributed by atoms with Crippen molar-refractivity contribution in [2.45, 2.75) is 19.0 Å². The van der Waals surface area contributed by atoms with E-state index in [9.17, 15) is 14.4 Å². The number of piperazine rings is 1. The van der Waals surface area contributed by atoms with Crippen molar-refractivity contribution in [3.63, 3.8) is 0 Å². The second-order valence-electron chi connectivity index (χ2n) is 3.37. The molecule has 0 spiro atoms. The van der Waals surface area contributed by atoms with E-state index in [-0.39, 0.29) is 24.9 Å². The van der Waals surface area contributed by atoms with Gasteiger partial charge >= 0.3 is 0 Å². The Bertz CT molecular complexity index is 282. The summed E-state index contributed by atoms with van der Waals surface area (Å²) in [7, 11) is 0. The van der Waals surface area contributed by atoms with E-state index in [0.717, 1.165) is 0 Å². The van der Waals surface area contributed by atoms with Gasteiger partial charge in [-0.1, -0.05) is 0 Å². The second kappa shape index (κ2) is 4.74. The molecule has 1 rings (SSSR count). The molecule has 2 unspecified atom stereocenters. The zero-order valence-corrected chi connectivity index (χ0v) is 8.37. The Morgan fingerprint density at radius 3 is 2.73 bits per heavy atom. The van der Waals surface area contributed by atoms with Crippen molar-refractivity contribution in [1.82, 2.24) is 16.0 Å². The van der Waals surface area contributed by atoms with Crippen LogP contribution in [-0.2, 0) is 14.4 Å². The Balaban J connectivity index is 2.40. The number of nitrogens with one attached hydrogen (secondary N) is 3. The molecule has 84 valence electrons. The van der Waals surface area contributed by atoms with Crippen molar-refractivity contribution in [3.8, 4) is 0 Å². The molecule has 1 aliphatic heterocycles. The largest absolute Gasteiger partial charge is 0.368 e. The number of primary amides is 1. The molecule has 1 aliphatic rings. The quantitative estimate of drug-likeness (QED) is 0.402. The summed E-state index contributed by atoms with van der Waals surface area (Å²) < 4.78 is 0. The van der Waals surface area contributed by atoms with Gasteiger partial charge in [0.15, 0.2) is 0 Å². The van der Waals surface area contributed by atoms with Crippen LogP contribution in [0.3, 0.4) is 0 Å². The summed E-state index contributed by atoms with van der Waals surface area (Å²) in [5, 5.41) is 7.71. The van der Waals surface area contributed by atoms with Crippen molar-refractivity contribution < 1.29 is 14.4 Å². The van der Waals surface area contributed by atoms with E-state index >= 15 is 0 Å². The molecule has 7 nitrogen and oxygen atoms in total. The smallest absolute Gasteiger partial charge is 0.239 e. The lowest BCUT2D eigenvalue weighted by atomic mass is 10.2. The van der Waals surface area contributed by atoms with E-state index in [2.05, 4.69) is 16.0 Å². The van der Waals surface area contributed by atoms with E-state index in [1.54, 1.807) is 0 Å². The van der Waals surface area contributed by atoms with Gasteiger partial charge in [0.25, 0.3) is 0 Å². The van der Waals surface area contributed by atoms with Gasteiger partial charge in [-0.3, -0.25) is 19.7 Å². The topological polar surface area (TPSA) is 113 Å². The minimum atomic E-state index is -0.711. The lowest BCUT2D eigenvalue weighted by Gasteiger charge is -2.24. The summed E-state index contributed by atoms with van der Waals surface area (Å²) in [5.74, 6) is -1.09. The Morgan fingerprint density at radius 2 is 2.27 bits per heavy atom. The highest BCUT2D eigenvalue weighted by Crippen LogP contribution is 1.90. The lowest BCUT2D eigenvalue weighted by molar-refractivity contribution is -0.130. The Kier molecular flexibility index (Phi) is 3.62. The van der Waals surface area contributed by atoms with Crippen LogP contribution in [-0.4, -0.2) is 42.9 Å². The van der Waals surface area contributed by atoms with Crippen LogP contribution in [0.1, 0.15) is 6.92 Å². The summed E-state index contributed by atoms with van der Waals surface area (Å²) in [4.78, 5) is 33.0. The van der Waals surface area contributed by atoms with Gasteiger partial charge in [-0.15, -0.1) is 0 Å². The van der Waals surface area contributed by atoms with Crippen LogP contribution in [0.15, 0.2) is 0 Å². The van der Waals surface area contributed by atoms with Crippen molar-refractivity contribution in [1.29, 1.82) is 0 Å². The van der Waals surface area contributed by atoms with Gasteiger partial charge < -0.3 is 16.4 Å². The average Bonchev–Trinajstić information content (AvgIpc) is 2.18. The Morgan fingerprint density at radius 1 is 1.60 bits per heavy atom. The van der Waals surface area contributed by atoms with Crippen molar-refractivity contribution in [3.05, 3.63) is 0 Å². The molecule has 0 aromatic carbocycles. The van der Waals surface area contributed by atoms with Crippen LogP contribution in [0.4, 0.5) is 0 Å². The summed E-state index contributed by atoms with van der Waals surface area (Å²) in [6.45, 7) is 1.82. The van der Waals surface area contributed by atoms with Crippen LogP contribution < -0.4 is 21.7 Å². The molecule has 3 amide bonds. The number of hydrogen-bond acceptors (Lipinski definition) is 4. The zero-order valence-electron chi connectivity index (χ0n) is 8.37. The molecule has 1 fully saturated rings. The van der Waals surface area contributed by atoms with Crippen LogP contribution in [0.2, 0.25) is 0 Å². The van der Waals surface area contributed by atoms with E-state index in [1.165, 1.54) is 6.92 Å². The number of nitrogens with two attached hydrogens (primary N) is 1.